The van der Waals surface area contributed by atoms with Crippen LogP contribution in [0.3, 0.4) is 0 Å². The van der Waals surface area contributed by atoms with Gasteiger partial charge in [0, 0.05) is 19.6 Å². The highest BCUT2D eigenvalue weighted by Gasteiger charge is 2.18. The van der Waals surface area contributed by atoms with Crippen LogP contribution in [0.4, 0.5) is 11.4 Å². The standard InChI is InChI=1S/C13H18N4/c1-10(7-14)9-17-5-4-16-12-3-2-11(8-15)6-13(12)17/h2-3,6,10,16H,4-5,7,9,14H2,1H3. The van der Waals surface area contributed by atoms with Gasteiger partial charge in [-0.15, -0.1) is 0 Å². The molecule has 1 unspecified atom stereocenters. The molecule has 1 aliphatic heterocycles. The van der Waals surface area contributed by atoms with Gasteiger partial charge in [-0.1, -0.05) is 6.92 Å². The molecule has 0 aliphatic carbocycles. The van der Waals surface area contributed by atoms with Crippen LogP contribution in [0.2, 0.25) is 0 Å². The molecule has 1 atom stereocenters. The highest BCUT2D eigenvalue weighted by molar-refractivity contribution is 5.73. The van der Waals surface area contributed by atoms with E-state index in [9.17, 15) is 0 Å². The number of nitrogens with zero attached hydrogens (tertiary/aromatic N) is 2. The van der Waals surface area contributed by atoms with Gasteiger partial charge in [0.2, 0.25) is 0 Å². The monoisotopic (exact) mass is 230 g/mol. The second kappa shape index (κ2) is 5.07. The first-order chi connectivity index (χ1) is 8.24. The van der Waals surface area contributed by atoms with Crippen LogP contribution < -0.4 is 16.0 Å². The van der Waals surface area contributed by atoms with E-state index in [-0.39, 0.29) is 0 Å². The third-order valence-electron chi connectivity index (χ3n) is 3.10. The Balaban J connectivity index is 2.26. The van der Waals surface area contributed by atoms with Gasteiger partial charge in [-0.25, -0.2) is 0 Å². The van der Waals surface area contributed by atoms with Crippen LogP contribution in [0.1, 0.15) is 12.5 Å². The molecule has 0 saturated heterocycles. The summed E-state index contributed by atoms with van der Waals surface area (Å²) in [4.78, 5) is 2.31. The molecule has 3 N–H and O–H groups in total. The fraction of sp³-hybridized carbons (Fsp3) is 0.462. The average molecular weight is 230 g/mol. The van der Waals surface area contributed by atoms with E-state index in [0.29, 0.717) is 18.0 Å². The fourth-order valence-electron chi connectivity index (χ4n) is 2.10. The van der Waals surface area contributed by atoms with Crippen molar-refractivity contribution >= 4 is 11.4 Å². The Labute approximate surface area is 102 Å². The molecule has 0 radical (unpaired) electrons. The summed E-state index contributed by atoms with van der Waals surface area (Å²) in [5.41, 5.74) is 8.61. The summed E-state index contributed by atoms with van der Waals surface area (Å²) in [6.45, 7) is 5.69. The predicted molar refractivity (Wildman–Crippen MR) is 70.1 cm³/mol. The molecular formula is C13H18N4. The van der Waals surface area contributed by atoms with Gasteiger partial charge in [0.1, 0.15) is 0 Å². The van der Waals surface area contributed by atoms with E-state index in [1.165, 1.54) is 0 Å². The Hall–Kier alpha value is -1.73. The summed E-state index contributed by atoms with van der Waals surface area (Å²) in [5.74, 6) is 0.465. The molecule has 4 nitrogen and oxygen atoms in total. The van der Waals surface area contributed by atoms with E-state index >= 15 is 0 Å². The number of rotatable bonds is 3. The first-order valence-electron chi connectivity index (χ1n) is 5.97. The van der Waals surface area contributed by atoms with Gasteiger partial charge in [0.25, 0.3) is 0 Å². The van der Waals surface area contributed by atoms with E-state index in [0.717, 1.165) is 31.0 Å². The minimum Gasteiger partial charge on any atom is -0.382 e. The second-order valence-electron chi connectivity index (χ2n) is 4.56. The molecule has 1 heterocycles. The summed E-state index contributed by atoms with van der Waals surface area (Å²) < 4.78 is 0. The van der Waals surface area contributed by atoms with Crippen molar-refractivity contribution in [3.05, 3.63) is 23.8 Å². The molecule has 2 rings (SSSR count). The number of nitrogens with one attached hydrogen (secondary N) is 1. The smallest absolute Gasteiger partial charge is 0.0992 e. The largest absolute Gasteiger partial charge is 0.382 e. The molecule has 0 spiro atoms. The van der Waals surface area contributed by atoms with Crippen LogP contribution in [0, 0.1) is 17.2 Å². The lowest BCUT2D eigenvalue weighted by Crippen LogP contribution is -2.38. The number of hydrogen-bond acceptors (Lipinski definition) is 4. The van der Waals surface area contributed by atoms with Crippen molar-refractivity contribution in [2.75, 3.05) is 36.4 Å². The molecule has 1 aromatic carbocycles. The maximum atomic E-state index is 8.94. The molecule has 0 amide bonds. The Morgan fingerprint density at radius 1 is 1.59 bits per heavy atom. The fourth-order valence-corrected chi connectivity index (χ4v) is 2.10. The summed E-state index contributed by atoms with van der Waals surface area (Å²) in [6.07, 6.45) is 0. The van der Waals surface area contributed by atoms with Crippen molar-refractivity contribution in [2.24, 2.45) is 11.7 Å². The van der Waals surface area contributed by atoms with E-state index in [1.807, 2.05) is 18.2 Å². The zero-order chi connectivity index (χ0) is 12.3. The third kappa shape index (κ3) is 2.51. The van der Waals surface area contributed by atoms with Gasteiger partial charge in [-0.3, -0.25) is 0 Å². The topological polar surface area (TPSA) is 65.1 Å². The van der Waals surface area contributed by atoms with Gasteiger partial charge in [-0.2, -0.15) is 5.26 Å². The zero-order valence-electron chi connectivity index (χ0n) is 10.1. The first-order valence-corrected chi connectivity index (χ1v) is 5.97. The van der Waals surface area contributed by atoms with Crippen LogP contribution in [0.25, 0.3) is 0 Å². The maximum Gasteiger partial charge on any atom is 0.0992 e. The van der Waals surface area contributed by atoms with Crippen LogP contribution in [-0.2, 0) is 0 Å². The van der Waals surface area contributed by atoms with Crippen molar-refractivity contribution in [1.29, 1.82) is 5.26 Å². The summed E-state index contributed by atoms with van der Waals surface area (Å²) in [7, 11) is 0. The zero-order valence-corrected chi connectivity index (χ0v) is 10.1. The Morgan fingerprint density at radius 3 is 3.12 bits per heavy atom. The third-order valence-corrected chi connectivity index (χ3v) is 3.10. The van der Waals surface area contributed by atoms with Gasteiger partial charge in [0.15, 0.2) is 0 Å². The van der Waals surface area contributed by atoms with Gasteiger partial charge >= 0.3 is 0 Å². The van der Waals surface area contributed by atoms with Gasteiger partial charge in [-0.05, 0) is 30.7 Å². The number of fused-ring (bicyclic) bond motifs is 1. The van der Waals surface area contributed by atoms with Crippen LogP contribution in [0.5, 0.6) is 0 Å². The Bertz CT molecular complexity index is 436. The van der Waals surface area contributed by atoms with E-state index in [2.05, 4.69) is 23.2 Å². The molecular weight excluding hydrogens is 212 g/mol. The summed E-state index contributed by atoms with van der Waals surface area (Å²) >= 11 is 0. The van der Waals surface area contributed by atoms with Crippen molar-refractivity contribution < 1.29 is 0 Å². The van der Waals surface area contributed by atoms with Crippen molar-refractivity contribution in [1.82, 2.24) is 0 Å². The van der Waals surface area contributed by atoms with Crippen molar-refractivity contribution in [2.45, 2.75) is 6.92 Å². The lowest BCUT2D eigenvalue weighted by atomic mass is 10.1. The molecule has 1 aliphatic rings. The molecule has 0 bridgehead atoms. The van der Waals surface area contributed by atoms with Gasteiger partial charge < -0.3 is 16.0 Å². The normalized spacial score (nSPS) is 15.7. The molecule has 17 heavy (non-hydrogen) atoms. The summed E-state index contributed by atoms with van der Waals surface area (Å²) in [6, 6.07) is 7.96. The highest BCUT2D eigenvalue weighted by Crippen LogP contribution is 2.30. The highest BCUT2D eigenvalue weighted by atomic mass is 15.2. The molecule has 0 saturated carbocycles. The predicted octanol–water partition coefficient (Wildman–Crippen LogP) is 1.38. The van der Waals surface area contributed by atoms with Crippen molar-refractivity contribution in [3.63, 3.8) is 0 Å². The van der Waals surface area contributed by atoms with E-state index < -0.39 is 0 Å². The Kier molecular flexibility index (Phi) is 3.50. The second-order valence-corrected chi connectivity index (χ2v) is 4.56. The number of hydrogen-bond donors (Lipinski definition) is 2. The molecule has 90 valence electrons. The molecule has 4 heteroatoms. The SMILES string of the molecule is CC(CN)CN1CCNc2ccc(C#N)cc21. The first kappa shape index (κ1) is 11.7. The summed E-state index contributed by atoms with van der Waals surface area (Å²) in [5, 5.41) is 12.3. The van der Waals surface area contributed by atoms with Crippen LogP contribution >= 0.6 is 0 Å². The van der Waals surface area contributed by atoms with Crippen LogP contribution in [-0.4, -0.2) is 26.2 Å². The average Bonchev–Trinajstić information content (AvgIpc) is 2.38. The van der Waals surface area contributed by atoms with E-state index in [1.54, 1.807) is 0 Å². The molecule has 0 aromatic heterocycles. The lowest BCUT2D eigenvalue weighted by molar-refractivity contribution is 0.570. The minimum atomic E-state index is 0.465. The van der Waals surface area contributed by atoms with E-state index in [4.69, 9.17) is 11.0 Å². The number of nitrogens with two attached hydrogens (primary N) is 1. The Morgan fingerprint density at radius 2 is 2.41 bits per heavy atom. The number of benzene rings is 1. The number of anilines is 2. The molecule has 0 fully saturated rings. The van der Waals surface area contributed by atoms with Gasteiger partial charge in [0.05, 0.1) is 23.0 Å². The maximum absolute atomic E-state index is 8.94. The van der Waals surface area contributed by atoms with Crippen molar-refractivity contribution in [3.8, 4) is 6.07 Å². The number of nitriles is 1. The molecule has 1 aromatic rings. The lowest BCUT2D eigenvalue weighted by Gasteiger charge is -2.33. The minimum absolute atomic E-state index is 0.465. The quantitative estimate of drug-likeness (QED) is 0.823. The van der Waals surface area contributed by atoms with Crippen LogP contribution in [0.15, 0.2) is 18.2 Å².